The molecule has 0 spiro atoms. The minimum atomic E-state index is -1.11. The van der Waals surface area contributed by atoms with E-state index in [1.165, 1.54) is 6.07 Å². The van der Waals surface area contributed by atoms with Crippen LogP contribution < -0.4 is 4.74 Å². The number of rotatable bonds is 5. The van der Waals surface area contributed by atoms with Crippen molar-refractivity contribution in [2.45, 2.75) is 51.9 Å². The average molecular weight is 362 g/mol. The van der Waals surface area contributed by atoms with Crippen LogP contribution in [0.3, 0.4) is 0 Å². The van der Waals surface area contributed by atoms with Crippen molar-refractivity contribution in [3.05, 3.63) is 53.4 Å². The molecule has 1 aliphatic rings. The highest BCUT2D eigenvalue weighted by molar-refractivity contribution is 5.86. The second-order valence-electron chi connectivity index (χ2n) is 7.08. The summed E-state index contributed by atoms with van der Waals surface area (Å²) in [5, 5.41) is 0.0545. The molecule has 0 bridgehead atoms. The van der Waals surface area contributed by atoms with Gasteiger partial charge in [-0.3, -0.25) is 0 Å². The number of fused-ring (bicyclic) bond motifs is 1. The first kappa shape index (κ1) is 18.8. The van der Waals surface area contributed by atoms with Crippen molar-refractivity contribution in [1.82, 2.24) is 0 Å². The van der Waals surface area contributed by atoms with Gasteiger partial charge in [0.1, 0.15) is 6.61 Å². The highest BCUT2D eigenvalue weighted by Gasteiger charge is 2.27. The number of benzene rings is 2. The van der Waals surface area contributed by atoms with Gasteiger partial charge in [-0.2, -0.15) is 0 Å². The summed E-state index contributed by atoms with van der Waals surface area (Å²) in [6.45, 7) is 4.17. The lowest BCUT2D eigenvalue weighted by Crippen LogP contribution is -2.14. The quantitative estimate of drug-likeness (QED) is 0.526. The molecule has 1 saturated carbocycles. The predicted molar refractivity (Wildman–Crippen MR) is 99.1 cm³/mol. The van der Waals surface area contributed by atoms with Crippen molar-refractivity contribution in [3.8, 4) is 5.75 Å². The minimum absolute atomic E-state index is 0.00498. The highest BCUT2D eigenvalue weighted by Crippen LogP contribution is 2.40. The maximum absolute atomic E-state index is 14.7. The standard InChI is InChI=1S/C22H25F3O/c1-3-5-12-26-18-11-10-16-13-17(15-8-6-14(4-2)7-9-15)20(23)22(25)19(16)21(18)24/h3,5,10-11,13-15H,4,6-9,12H2,1-2H3. The molecule has 1 fully saturated rings. The monoisotopic (exact) mass is 362 g/mol. The van der Waals surface area contributed by atoms with Gasteiger partial charge in [0.2, 0.25) is 0 Å². The number of halogens is 3. The van der Waals surface area contributed by atoms with Crippen LogP contribution in [0.4, 0.5) is 13.2 Å². The number of ether oxygens (including phenoxy) is 1. The van der Waals surface area contributed by atoms with E-state index in [2.05, 4.69) is 6.92 Å². The van der Waals surface area contributed by atoms with E-state index in [1.54, 1.807) is 24.3 Å². The summed E-state index contributed by atoms with van der Waals surface area (Å²) in [6, 6.07) is 4.70. The Morgan fingerprint density at radius 3 is 2.42 bits per heavy atom. The SMILES string of the molecule is CC=CCOc1ccc2cc(C3CCC(CC)CC3)c(F)c(F)c2c1F. The molecule has 0 amide bonds. The predicted octanol–water partition coefficient (Wildman–Crippen LogP) is 6.90. The third kappa shape index (κ3) is 3.60. The van der Waals surface area contributed by atoms with Crippen LogP contribution >= 0.6 is 0 Å². The maximum Gasteiger partial charge on any atom is 0.175 e. The zero-order valence-corrected chi connectivity index (χ0v) is 15.3. The van der Waals surface area contributed by atoms with E-state index in [9.17, 15) is 13.2 Å². The molecule has 0 aliphatic heterocycles. The summed E-state index contributed by atoms with van der Waals surface area (Å²) in [7, 11) is 0. The molecule has 0 unspecified atom stereocenters. The number of hydrogen-bond donors (Lipinski definition) is 0. The van der Waals surface area contributed by atoms with Crippen LogP contribution in [0.2, 0.25) is 0 Å². The summed E-state index contributed by atoms with van der Waals surface area (Å²) >= 11 is 0. The average Bonchev–Trinajstić information content (AvgIpc) is 2.66. The van der Waals surface area contributed by atoms with Crippen molar-refractivity contribution >= 4 is 10.8 Å². The van der Waals surface area contributed by atoms with Crippen LogP contribution in [0.25, 0.3) is 10.8 Å². The van der Waals surface area contributed by atoms with Gasteiger partial charge in [0.25, 0.3) is 0 Å². The zero-order chi connectivity index (χ0) is 18.7. The smallest absolute Gasteiger partial charge is 0.175 e. The van der Waals surface area contributed by atoms with Crippen molar-refractivity contribution in [3.63, 3.8) is 0 Å². The van der Waals surface area contributed by atoms with Gasteiger partial charge in [0.05, 0.1) is 5.39 Å². The molecule has 0 saturated heterocycles. The van der Waals surface area contributed by atoms with Crippen LogP contribution in [0.5, 0.6) is 5.75 Å². The Kier molecular flexibility index (Phi) is 5.90. The summed E-state index contributed by atoms with van der Waals surface area (Å²) in [6.07, 6.45) is 8.40. The van der Waals surface area contributed by atoms with E-state index in [4.69, 9.17) is 4.74 Å². The molecule has 2 aromatic carbocycles. The summed E-state index contributed by atoms with van der Waals surface area (Å²) < 4.78 is 49.4. The van der Waals surface area contributed by atoms with Gasteiger partial charge < -0.3 is 4.74 Å². The van der Waals surface area contributed by atoms with Gasteiger partial charge in [-0.15, -0.1) is 0 Å². The molecule has 0 aromatic heterocycles. The fourth-order valence-corrected chi connectivity index (χ4v) is 3.91. The molecule has 2 aromatic rings. The van der Waals surface area contributed by atoms with Gasteiger partial charge in [-0.1, -0.05) is 31.6 Å². The lowest BCUT2D eigenvalue weighted by Gasteiger charge is -2.28. The van der Waals surface area contributed by atoms with Gasteiger partial charge >= 0.3 is 0 Å². The van der Waals surface area contributed by atoms with Crippen molar-refractivity contribution in [2.24, 2.45) is 5.92 Å². The van der Waals surface area contributed by atoms with Gasteiger partial charge in [-0.05, 0) is 67.5 Å². The molecule has 0 radical (unpaired) electrons. The van der Waals surface area contributed by atoms with Crippen molar-refractivity contribution in [1.29, 1.82) is 0 Å². The molecule has 3 rings (SSSR count). The van der Waals surface area contributed by atoms with Crippen LogP contribution in [-0.4, -0.2) is 6.61 Å². The first-order chi connectivity index (χ1) is 12.6. The Bertz CT molecular complexity index is 805. The normalized spacial score (nSPS) is 20.8. The maximum atomic E-state index is 14.7. The molecule has 140 valence electrons. The van der Waals surface area contributed by atoms with E-state index in [1.807, 2.05) is 6.92 Å². The molecular formula is C22H25F3O. The Labute approximate surface area is 152 Å². The zero-order valence-electron chi connectivity index (χ0n) is 15.3. The van der Waals surface area contributed by atoms with Gasteiger partial charge in [0, 0.05) is 0 Å². The summed E-state index contributed by atoms with van der Waals surface area (Å²) in [5.74, 6) is -2.25. The Morgan fingerprint density at radius 2 is 1.77 bits per heavy atom. The first-order valence-corrected chi connectivity index (χ1v) is 9.40. The van der Waals surface area contributed by atoms with Crippen LogP contribution in [0.1, 0.15) is 57.4 Å². The largest absolute Gasteiger partial charge is 0.486 e. The number of allylic oxidation sites excluding steroid dienone is 1. The van der Waals surface area contributed by atoms with E-state index >= 15 is 0 Å². The molecular weight excluding hydrogens is 337 g/mol. The lowest BCUT2D eigenvalue weighted by molar-refractivity contribution is 0.313. The van der Waals surface area contributed by atoms with Crippen LogP contribution in [0, 0.1) is 23.4 Å². The first-order valence-electron chi connectivity index (χ1n) is 9.40. The molecule has 1 aliphatic carbocycles. The molecule has 1 nitrogen and oxygen atoms in total. The molecule has 0 heterocycles. The van der Waals surface area contributed by atoms with Gasteiger partial charge in [-0.25, -0.2) is 13.2 Å². The van der Waals surface area contributed by atoms with E-state index in [0.717, 1.165) is 32.1 Å². The Balaban J connectivity index is 1.96. The van der Waals surface area contributed by atoms with Crippen molar-refractivity contribution in [2.75, 3.05) is 6.61 Å². The van der Waals surface area contributed by atoms with Crippen LogP contribution in [-0.2, 0) is 0 Å². The lowest BCUT2D eigenvalue weighted by atomic mass is 9.77. The van der Waals surface area contributed by atoms with E-state index in [-0.39, 0.29) is 23.7 Å². The van der Waals surface area contributed by atoms with Crippen molar-refractivity contribution < 1.29 is 17.9 Å². The van der Waals surface area contributed by atoms with E-state index < -0.39 is 17.5 Å². The second kappa shape index (κ2) is 8.15. The Hall–Kier alpha value is -1.97. The molecule has 26 heavy (non-hydrogen) atoms. The fraction of sp³-hybridized carbons (Fsp3) is 0.455. The topological polar surface area (TPSA) is 9.23 Å². The molecule has 0 N–H and O–H groups in total. The highest BCUT2D eigenvalue weighted by atomic mass is 19.2. The summed E-state index contributed by atoms with van der Waals surface area (Å²) in [5.41, 5.74) is 0.381. The molecule has 4 heteroatoms. The summed E-state index contributed by atoms with van der Waals surface area (Å²) in [4.78, 5) is 0. The molecule has 0 atom stereocenters. The fourth-order valence-electron chi connectivity index (χ4n) is 3.91. The van der Waals surface area contributed by atoms with Crippen LogP contribution in [0.15, 0.2) is 30.4 Å². The number of hydrogen-bond acceptors (Lipinski definition) is 1. The third-order valence-electron chi connectivity index (χ3n) is 5.55. The minimum Gasteiger partial charge on any atom is -0.486 e. The second-order valence-corrected chi connectivity index (χ2v) is 7.08. The Morgan fingerprint density at radius 1 is 1.04 bits per heavy atom. The van der Waals surface area contributed by atoms with Gasteiger partial charge in [0.15, 0.2) is 23.2 Å². The third-order valence-corrected chi connectivity index (χ3v) is 5.55. The van der Waals surface area contributed by atoms with E-state index in [0.29, 0.717) is 16.9 Å².